The van der Waals surface area contributed by atoms with Crippen LogP contribution in [-0.2, 0) is 0 Å². The van der Waals surface area contributed by atoms with E-state index >= 15 is 0 Å². The summed E-state index contributed by atoms with van der Waals surface area (Å²) < 4.78 is 0. The number of nitrogens with one attached hydrogen (secondary N) is 1. The largest absolute Gasteiger partial charge is 0.356 e. The molecule has 2 atom stereocenters. The highest BCUT2D eigenvalue weighted by Crippen LogP contribution is 2.31. The van der Waals surface area contributed by atoms with Crippen molar-refractivity contribution in [1.82, 2.24) is 10.3 Å². The summed E-state index contributed by atoms with van der Waals surface area (Å²) in [5.74, 6) is 2.14. The summed E-state index contributed by atoms with van der Waals surface area (Å²) >= 11 is 0. The van der Waals surface area contributed by atoms with Gasteiger partial charge in [0, 0.05) is 37.4 Å². The van der Waals surface area contributed by atoms with Gasteiger partial charge in [0.1, 0.15) is 5.82 Å². The van der Waals surface area contributed by atoms with Crippen molar-refractivity contribution in [3.63, 3.8) is 0 Å². The molecular weight excluding hydrogens is 335 g/mol. The van der Waals surface area contributed by atoms with E-state index in [1.54, 1.807) is 12.3 Å². The van der Waals surface area contributed by atoms with Crippen LogP contribution in [0.4, 0.5) is 5.82 Å². The van der Waals surface area contributed by atoms with E-state index in [1.807, 2.05) is 6.07 Å². The Morgan fingerprint density at radius 1 is 1.43 bits per heavy atom. The molecule has 23 heavy (non-hydrogen) atoms. The summed E-state index contributed by atoms with van der Waals surface area (Å²) in [4.78, 5) is 18.9. The molecule has 7 heteroatoms. The Labute approximate surface area is 150 Å². The van der Waals surface area contributed by atoms with Gasteiger partial charge in [-0.05, 0) is 43.2 Å². The van der Waals surface area contributed by atoms with E-state index in [4.69, 9.17) is 5.73 Å². The van der Waals surface area contributed by atoms with Crippen molar-refractivity contribution in [2.24, 2.45) is 17.6 Å². The first-order valence-corrected chi connectivity index (χ1v) is 7.88. The van der Waals surface area contributed by atoms with E-state index in [2.05, 4.69) is 22.1 Å². The van der Waals surface area contributed by atoms with E-state index in [1.165, 1.54) is 19.3 Å². The normalized spacial score (nSPS) is 21.1. The van der Waals surface area contributed by atoms with Crippen LogP contribution < -0.4 is 16.0 Å². The number of nitrogens with two attached hydrogens (primary N) is 1. The number of rotatable bonds is 5. The molecule has 1 amide bonds. The van der Waals surface area contributed by atoms with Crippen molar-refractivity contribution >= 4 is 36.5 Å². The number of hydrogen-bond acceptors (Lipinski definition) is 4. The molecule has 0 radical (unpaired) electrons. The Balaban J connectivity index is 0.00000132. The number of halogens is 2. The van der Waals surface area contributed by atoms with Gasteiger partial charge in [0.2, 0.25) is 0 Å². The summed E-state index contributed by atoms with van der Waals surface area (Å²) in [5, 5.41) is 2.94. The van der Waals surface area contributed by atoms with Gasteiger partial charge in [0.25, 0.3) is 5.91 Å². The fraction of sp³-hybridized carbons (Fsp3) is 0.625. The molecule has 130 valence electrons. The monoisotopic (exact) mass is 360 g/mol. The average molecular weight is 361 g/mol. The predicted molar refractivity (Wildman–Crippen MR) is 97.8 cm³/mol. The number of pyridine rings is 1. The number of aromatic nitrogens is 1. The minimum Gasteiger partial charge on any atom is -0.356 e. The topological polar surface area (TPSA) is 71.2 Å². The molecule has 2 unspecified atom stereocenters. The molecule has 1 aliphatic heterocycles. The molecule has 0 aromatic carbocycles. The lowest BCUT2D eigenvalue weighted by Gasteiger charge is -2.17. The van der Waals surface area contributed by atoms with Gasteiger partial charge in [0.15, 0.2) is 0 Å². The highest BCUT2D eigenvalue weighted by atomic mass is 35.5. The molecule has 1 saturated heterocycles. The van der Waals surface area contributed by atoms with Gasteiger partial charge >= 0.3 is 0 Å². The summed E-state index contributed by atoms with van der Waals surface area (Å²) in [6, 6.07) is 3.74. The Hall–Kier alpha value is -1.04. The second kappa shape index (κ2) is 8.71. The third-order valence-corrected chi connectivity index (χ3v) is 4.48. The van der Waals surface area contributed by atoms with E-state index in [0.717, 1.165) is 18.9 Å². The summed E-state index contributed by atoms with van der Waals surface area (Å²) in [6.07, 6.45) is 5.30. The summed E-state index contributed by atoms with van der Waals surface area (Å²) in [5.41, 5.74) is 6.68. The molecule has 1 aromatic rings. The van der Waals surface area contributed by atoms with Crippen molar-refractivity contribution in [2.45, 2.75) is 32.2 Å². The zero-order chi connectivity index (χ0) is 14.8. The van der Waals surface area contributed by atoms with Crippen LogP contribution in [0, 0.1) is 11.8 Å². The second-order valence-corrected chi connectivity index (χ2v) is 6.45. The van der Waals surface area contributed by atoms with Crippen LogP contribution in [0.2, 0.25) is 0 Å². The molecule has 2 heterocycles. The lowest BCUT2D eigenvalue weighted by atomic mass is 10.2. The van der Waals surface area contributed by atoms with Crippen molar-refractivity contribution in [3.8, 4) is 0 Å². The van der Waals surface area contributed by atoms with Gasteiger partial charge in [-0.15, -0.1) is 24.8 Å². The molecule has 2 fully saturated rings. The summed E-state index contributed by atoms with van der Waals surface area (Å²) in [6.45, 7) is 4.84. The Morgan fingerprint density at radius 2 is 2.17 bits per heavy atom. The lowest BCUT2D eigenvalue weighted by Crippen LogP contribution is -2.38. The molecule has 3 N–H and O–H groups in total. The zero-order valence-corrected chi connectivity index (χ0v) is 15.0. The molecule has 5 nitrogen and oxygen atoms in total. The van der Waals surface area contributed by atoms with Gasteiger partial charge in [-0.25, -0.2) is 4.98 Å². The van der Waals surface area contributed by atoms with Crippen LogP contribution in [-0.4, -0.2) is 36.6 Å². The van der Waals surface area contributed by atoms with Crippen molar-refractivity contribution in [2.75, 3.05) is 24.5 Å². The number of amides is 1. The van der Waals surface area contributed by atoms with Gasteiger partial charge in [-0.1, -0.05) is 6.92 Å². The maximum Gasteiger partial charge on any atom is 0.251 e. The van der Waals surface area contributed by atoms with Gasteiger partial charge in [-0.2, -0.15) is 0 Å². The average Bonchev–Trinajstić information content (AvgIpc) is 3.26. The van der Waals surface area contributed by atoms with E-state index in [9.17, 15) is 4.79 Å². The molecule has 1 saturated carbocycles. The van der Waals surface area contributed by atoms with E-state index in [-0.39, 0.29) is 36.8 Å². The first-order chi connectivity index (χ1) is 10.1. The zero-order valence-electron chi connectivity index (χ0n) is 13.4. The Kier molecular flexibility index (Phi) is 7.58. The van der Waals surface area contributed by atoms with Crippen LogP contribution >= 0.6 is 24.8 Å². The second-order valence-electron chi connectivity index (χ2n) is 6.45. The molecule has 0 spiro atoms. The SMILES string of the molecule is CC1CCN(c2cc(C(=O)NCC(N)C3CC3)ccn2)C1.Cl.Cl. The standard InChI is InChI=1S/C16H24N4O.2ClH/c1-11-5-7-20(10-11)15-8-13(4-6-18-15)16(21)19-9-14(17)12-2-3-12;;/h4,6,8,11-12,14H,2-3,5,7,9-10,17H2,1H3,(H,19,21);2*1H. The predicted octanol–water partition coefficient (Wildman–Crippen LogP) is 2.24. The Morgan fingerprint density at radius 3 is 2.78 bits per heavy atom. The van der Waals surface area contributed by atoms with Crippen molar-refractivity contribution < 1.29 is 4.79 Å². The highest BCUT2D eigenvalue weighted by Gasteiger charge is 2.28. The molecule has 1 aromatic heterocycles. The minimum atomic E-state index is -0.0537. The minimum absolute atomic E-state index is 0. The van der Waals surface area contributed by atoms with Gasteiger partial charge < -0.3 is 16.0 Å². The van der Waals surface area contributed by atoms with Crippen LogP contribution in [0.15, 0.2) is 18.3 Å². The molecule has 1 aliphatic carbocycles. The first-order valence-electron chi connectivity index (χ1n) is 7.88. The molecule has 2 aliphatic rings. The van der Waals surface area contributed by atoms with Crippen LogP contribution in [0.25, 0.3) is 0 Å². The Bertz CT molecular complexity index is 525. The fourth-order valence-corrected chi connectivity index (χ4v) is 2.88. The number of carbonyl (C=O) groups is 1. The van der Waals surface area contributed by atoms with Crippen LogP contribution in [0.5, 0.6) is 0 Å². The molecule has 0 bridgehead atoms. The maximum absolute atomic E-state index is 12.2. The van der Waals surface area contributed by atoms with Gasteiger partial charge in [-0.3, -0.25) is 4.79 Å². The van der Waals surface area contributed by atoms with E-state index < -0.39 is 0 Å². The quantitative estimate of drug-likeness (QED) is 0.844. The number of anilines is 1. The highest BCUT2D eigenvalue weighted by molar-refractivity contribution is 5.94. The lowest BCUT2D eigenvalue weighted by molar-refractivity contribution is 0.0950. The van der Waals surface area contributed by atoms with Crippen molar-refractivity contribution in [1.29, 1.82) is 0 Å². The fourth-order valence-electron chi connectivity index (χ4n) is 2.88. The smallest absolute Gasteiger partial charge is 0.251 e. The van der Waals surface area contributed by atoms with Gasteiger partial charge in [0.05, 0.1) is 0 Å². The third-order valence-electron chi connectivity index (χ3n) is 4.48. The van der Waals surface area contributed by atoms with E-state index in [0.29, 0.717) is 23.9 Å². The maximum atomic E-state index is 12.2. The molecular formula is C16H26Cl2N4O. The number of hydrogen-bond donors (Lipinski definition) is 2. The third kappa shape index (κ3) is 5.23. The van der Waals surface area contributed by atoms with Crippen LogP contribution in [0.3, 0.4) is 0 Å². The van der Waals surface area contributed by atoms with Crippen LogP contribution in [0.1, 0.15) is 36.5 Å². The summed E-state index contributed by atoms with van der Waals surface area (Å²) in [7, 11) is 0. The van der Waals surface area contributed by atoms with Crippen molar-refractivity contribution in [3.05, 3.63) is 23.9 Å². The number of carbonyl (C=O) groups excluding carboxylic acids is 1. The number of nitrogens with zero attached hydrogens (tertiary/aromatic N) is 2. The first kappa shape index (κ1) is 20.0. The molecule has 3 rings (SSSR count).